The Bertz CT molecular complexity index is 483. The number of ether oxygens (including phenoxy) is 1. The van der Waals surface area contributed by atoms with Gasteiger partial charge in [-0.2, -0.15) is 0 Å². The predicted molar refractivity (Wildman–Crippen MR) is 74.0 cm³/mol. The van der Waals surface area contributed by atoms with Crippen LogP contribution in [0.25, 0.3) is 0 Å². The van der Waals surface area contributed by atoms with E-state index in [1.54, 1.807) is 4.90 Å². The highest BCUT2D eigenvalue weighted by Crippen LogP contribution is 2.31. The number of amides is 1. The van der Waals surface area contributed by atoms with Gasteiger partial charge in [0.25, 0.3) is 0 Å². The maximum Gasteiger partial charge on any atom is 0.210 e. The lowest BCUT2D eigenvalue weighted by Crippen LogP contribution is -2.17. The Balaban J connectivity index is 1.77. The molecule has 2 heterocycles. The number of carbonyl (C=O) groups is 1. The molecule has 4 heteroatoms. The van der Waals surface area contributed by atoms with Gasteiger partial charge in [-0.1, -0.05) is 17.7 Å². The average molecular weight is 280 g/mol. The Morgan fingerprint density at radius 2 is 1.95 bits per heavy atom. The van der Waals surface area contributed by atoms with E-state index in [1.165, 1.54) is 16.7 Å². The number of fused-ring (bicyclic) bond motifs is 1. The van der Waals surface area contributed by atoms with Crippen molar-refractivity contribution in [2.75, 3.05) is 13.2 Å². The highest BCUT2D eigenvalue weighted by atomic mass is 35.5. The van der Waals surface area contributed by atoms with Crippen molar-refractivity contribution in [3.8, 4) is 0 Å². The first-order valence-electron chi connectivity index (χ1n) is 6.83. The molecule has 0 bridgehead atoms. The Labute approximate surface area is 118 Å². The monoisotopic (exact) mass is 279 g/mol. The molecule has 19 heavy (non-hydrogen) atoms. The minimum atomic E-state index is 0.674. The van der Waals surface area contributed by atoms with E-state index in [1.807, 2.05) is 6.07 Å². The Hall–Kier alpha value is -1.06. The van der Waals surface area contributed by atoms with E-state index in [9.17, 15) is 4.79 Å². The summed E-state index contributed by atoms with van der Waals surface area (Å²) in [6.45, 7) is 3.14. The number of rotatable bonds is 3. The molecule has 0 N–H and O–H groups in total. The molecule has 0 atom stereocenters. The summed E-state index contributed by atoms with van der Waals surface area (Å²) in [5, 5.41) is 0.845. The van der Waals surface area contributed by atoms with Crippen LogP contribution in [0.2, 0.25) is 5.02 Å². The Kier molecular flexibility index (Phi) is 3.76. The lowest BCUT2D eigenvalue weighted by molar-refractivity contribution is -0.118. The quantitative estimate of drug-likeness (QED) is 0.797. The van der Waals surface area contributed by atoms with Crippen molar-refractivity contribution in [3.63, 3.8) is 0 Å². The molecule has 0 radical (unpaired) electrons. The van der Waals surface area contributed by atoms with Gasteiger partial charge in [-0.05, 0) is 47.9 Å². The molecule has 0 unspecified atom stereocenters. The minimum Gasteiger partial charge on any atom is -0.381 e. The van der Waals surface area contributed by atoms with Gasteiger partial charge in [-0.3, -0.25) is 4.79 Å². The molecule has 1 amide bonds. The second kappa shape index (κ2) is 5.51. The summed E-state index contributed by atoms with van der Waals surface area (Å²) in [6, 6.07) is 4.23. The van der Waals surface area contributed by atoms with Gasteiger partial charge in [0.05, 0.1) is 0 Å². The molecule has 2 aliphatic heterocycles. The standard InChI is InChI=1S/C15H18ClNO2/c16-15-7-14-9-17(10-18)8-13(14)6-12(15)5-11-1-3-19-4-2-11/h6-7,10-11H,1-5,8-9H2. The summed E-state index contributed by atoms with van der Waals surface area (Å²) in [5.41, 5.74) is 3.66. The third-order valence-electron chi connectivity index (χ3n) is 4.11. The second-order valence-corrected chi connectivity index (χ2v) is 5.89. The molecule has 1 saturated heterocycles. The number of hydrogen-bond acceptors (Lipinski definition) is 2. The third-order valence-corrected chi connectivity index (χ3v) is 4.47. The first-order chi connectivity index (χ1) is 9.26. The zero-order valence-electron chi connectivity index (χ0n) is 10.9. The molecule has 102 valence electrons. The van der Waals surface area contributed by atoms with Gasteiger partial charge in [-0.25, -0.2) is 0 Å². The molecule has 3 rings (SSSR count). The number of carbonyl (C=O) groups excluding carboxylic acids is 1. The van der Waals surface area contributed by atoms with Crippen molar-refractivity contribution in [1.82, 2.24) is 4.90 Å². The highest BCUT2D eigenvalue weighted by molar-refractivity contribution is 6.31. The molecule has 3 nitrogen and oxygen atoms in total. The van der Waals surface area contributed by atoms with Gasteiger partial charge in [-0.15, -0.1) is 0 Å². The van der Waals surface area contributed by atoms with Crippen molar-refractivity contribution in [1.29, 1.82) is 0 Å². The molecular formula is C15H18ClNO2. The first kappa shape index (κ1) is 12.9. The van der Waals surface area contributed by atoms with Crippen molar-refractivity contribution >= 4 is 18.0 Å². The highest BCUT2D eigenvalue weighted by Gasteiger charge is 2.21. The van der Waals surface area contributed by atoms with Crippen LogP contribution < -0.4 is 0 Å². The zero-order chi connectivity index (χ0) is 13.2. The van der Waals surface area contributed by atoms with Crippen LogP contribution in [0.15, 0.2) is 12.1 Å². The zero-order valence-corrected chi connectivity index (χ0v) is 11.7. The number of hydrogen-bond donors (Lipinski definition) is 0. The smallest absolute Gasteiger partial charge is 0.210 e. The molecule has 1 fully saturated rings. The fourth-order valence-electron chi connectivity index (χ4n) is 2.99. The fraction of sp³-hybridized carbons (Fsp3) is 0.533. The van der Waals surface area contributed by atoms with E-state index < -0.39 is 0 Å². The summed E-state index contributed by atoms with van der Waals surface area (Å²) < 4.78 is 5.39. The van der Waals surface area contributed by atoms with E-state index in [2.05, 4.69) is 6.07 Å². The van der Waals surface area contributed by atoms with Crippen LogP contribution >= 0.6 is 11.6 Å². The van der Waals surface area contributed by atoms with Crippen LogP contribution in [0.1, 0.15) is 29.5 Å². The molecular weight excluding hydrogens is 262 g/mol. The van der Waals surface area contributed by atoms with Gasteiger partial charge in [0.15, 0.2) is 0 Å². The van der Waals surface area contributed by atoms with Crippen LogP contribution in [-0.4, -0.2) is 24.5 Å². The van der Waals surface area contributed by atoms with Gasteiger partial charge >= 0.3 is 0 Å². The van der Waals surface area contributed by atoms with E-state index in [4.69, 9.17) is 16.3 Å². The summed E-state index contributed by atoms with van der Waals surface area (Å²) in [6.07, 6.45) is 4.17. The van der Waals surface area contributed by atoms with Crippen LogP contribution in [0.3, 0.4) is 0 Å². The van der Waals surface area contributed by atoms with Crippen molar-refractivity contribution < 1.29 is 9.53 Å². The lowest BCUT2D eigenvalue weighted by atomic mass is 9.91. The van der Waals surface area contributed by atoms with Gasteiger partial charge < -0.3 is 9.64 Å². The largest absolute Gasteiger partial charge is 0.381 e. The minimum absolute atomic E-state index is 0.674. The SMILES string of the molecule is O=CN1Cc2cc(Cl)c(CC3CCOCC3)cc2C1. The normalized spacial score (nSPS) is 19.5. The molecule has 0 saturated carbocycles. The summed E-state index contributed by atoms with van der Waals surface area (Å²) in [5.74, 6) is 0.674. The van der Waals surface area contributed by atoms with Crippen LogP contribution in [0.5, 0.6) is 0 Å². The van der Waals surface area contributed by atoms with Crippen molar-refractivity contribution in [2.24, 2.45) is 5.92 Å². The molecule has 0 spiro atoms. The average Bonchev–Trinajstić information content (AvgIpc) is 2.82. The maximum atomic E-state index is 10.8. The van der Waals surface area contributed by atoms with E-state index in [-0.39, 0.29) is 0 Å². The number of halogens is 1. The summed E-state index contributed by atoms with van der Waals surface area (Å²) in [4.78, 5) is 12.6. The second-order valence-electron chi connectivity index (χ2n) is 5.48. The van der Waals surface area contributed by atoms with Crippen molar-refractivity contribution in [2.45, 2.75) is 32.4 Å². The van der Waals surface area contributed by atoms with Crippen LogP contribution in [0.4, 0.5) is 0 Å². The Morgan fingerprint density at radius 3 is 2.63 bits per heavy atom. The molecule has 0 aromatic heterocycles. The van der Waals surface area contributed by atoms with Crippen LogP contribution in [-0.2, 0) is 29.0 Å². The predicted octanol–water partition coefficient (Wildman–Crippen LogP) is 2.78. The summed E-state index contributed by atoms with van der Waals surface area (Å²) in [7, 11) is 0. The maximum absolute atomic E-state index is 10.8. The van der Waals surface area contributed by atoms with Crippen LogP contribution in [0, 0.1) is 5.92 Å². The molecule has 0 aliphatic carbocycles. The Morgan fingerprint density at radius 1 is 1.26 bits per heavy atom. The fourth-order valence-corrected chi connectivity index (χ4v) is 3.25. The van der Waals surface area contributed by atoms with E-state index in [0.717, 1.165) is 50.5 Å². The topological polar surface area (TPSA) is 29.5 Å². The first-order valence-corrected chi connectivity index (χ1v) is 7.21. The molecule has 1 aromatic rings. The lowest BCUT2D eigenvalue weighted by Gasteiger charge is -2.22. The summed E-state index contributed by atoms with van der Waals surface area (Å²) >= 11 is 6.38. The number of nitrogens with zero attached hydrogens (tertiary/aromatic N) is 1. The third kappa shape index (κ3) is 2.77. The van der Waals surface area contributed by atoms with Gasteiger partial charge in [0.2, 0.25) is 6.41 Å². The molecule has 1 aromatic carbocycles. The number of benzene rings is 1. The van der Waals surface area contributed by atoms with Gasteiger partial charge in [0.1, 0.15) is 0 Å². The van der Waals surface area contributed by atoms with E-state index >= 15 is 0 Å². The van der Waals surface area contributed by atoms with Crippen molar-refractivity contribution in [3.05, 3.63) is 33.8 Å². The van der Waals surface area contributed by atoms with Gasteiger partial charge in [0, 0.05) is 31.3 Å². The van der Waals surface area contributed by atoms with E-state index in [0.29, 0.717) is 12.5 Å². The molecule has 2 aliphatic rings.